The first kappa shape index (κ1) is 20.7. The fraction of sp³-hybridized carbons (Fsp3) is 0.417. The van der Waals surface area contributed by atoms with Crippen LogP contribution in [0, 0.1) is 19.8 Å². The number of halogens is 1. The summed E-state index contributed by atoms with van der Waals surface area (Å²) in [6.45, 7) is 8.12. The van der Waals surface area contributed by atoms with Crippen LogP contribution >= 0.6 is 11.6 Å². The van der Waals surface area contributed by atoms with E-state index < -0.39 is 0 Å². The number of piperazine rings is 1. The molecule has 2 aliphatic heterocycles. The molecule has 158 valence electrons. The summed E-state index contributed by atoms with van der Waals surface area (Å²) in [6.07, 6.45) is 0.318. The Kier molecular flexibility index (Phi) is 6.00. The molecule has 2 fully saturated rings. The first-order valence-corrected chi connectivity index (χ1v) is 10.9. The van der Waals surface area contributed by atoms with E-state index in [0.717, 1.165) is 29.4 Å². The molecule has 2 aromatic carbocycles. The number of nitrogens with zero attached hydrogens (tertiary/aromatic N) is 3. The van der Waals surface area contributed by atoms with Gasteiger partial charge in [0.1, 0.15) is 0 Å². The number of rotatable bonds is 4. The Morgan fingerprint density at radius 3 is 2.43 bits per heavy atom. The van der Waals surface area contributed by atoms with Crippen LogP contribution in [-0.2, 0) is 16.1 Å². The van der Waals surface area contributed by atoms with Crippen LogP contribution in [0.25, 0.3) is 0 Å². The van der Waals surface area contributed by atoms with Crippen LogP contribution in [0.1, 0.15) is 23.1 Å². The van der Waals surface area contributed by atoms with Gasteiger partial charge in [-0.3, -0.25) is 9.59 Å². The molecule has 0 unspecified atom stereocenters. The fourth-order valence-electron chi connectivity index (χ4n) is 4.35. The predicted molar refractivity (Wildman–Crippen MR) is 120 cm³/mol. The number of aryl methyl sites for hydroxylation is 2. The topological polar surface area (TPSA) is 43.9 Å². The summed E-state index contributed by atoms with van der Waals surface area (Å²) in [5.41, 5.74) is 4.63. The van der Waals surface area contributed by atoms with Gasteiger partial charge in [0, 0.05) is 56.4 Å². The highest BCUT2D eigenvalue weighted by Crippen LogP contribution is 2.27. The van der Waals surface area contributed by atoms with Crippen LogP contribution < -0.4 is 4.90 Å². The Hall–Kier alpha value is -2.53. The maximum atomic E-state index is 13.1. The molecule has 0 spiro atoms. The lowest BCUT2D eigenvalue weighted by molar-refractivity contribution is -0.136. The van der Waals surface area contributed by atoms with E-state index in [1.54, 1.807) is 0 Å². The predicted octanol–water partition coefficient (Wildman–Crippen LogP) is 3.65. The Morgan fingerprint density at radius 2 is 1.73 bits per heavy atom. The Morgan fingerprint density at radius 1 is 1.03 bits per heavy atom. The van der Waals surface area contributed by atoms with Crippen molar-refractivity contribution in [1.82, 2.24) is 9.80 Å². The summed E-state index contributed by atoms with van der Waals surface area (Å²) in [5, 5.41) is 0.729. The average molecular weight is 426 g/mol. The number of carbonyl (C=O) groups excluding carboxylic acids is 2. The zero-order valence-electron chi connectivity index (χ0n) is 17.6. The molecule has 2 heterocycles. The summed E-state index contributed by atoms with van der Waals surface area (Å²) in [6, 6.07) is 14.1. The van der Waals surface area contributed by atoms with Crippen molar-refractivity contribution in [3.05, 3.63) is 64.2 Å². The van der Waals surface area contributed by atoms with Gasteiger partial charge in [-0.05, 0) is 37.1 Å². The molecular formula is C24H28ClN3O2. The van der Waals surface area contributed by atoms with Gasteiger partial charge in [-0.1, -0.05) is 47.5 Å². The van der Waals surface area contributed by atoms with E-state index in [1.165, 1.54) is 11.1 Å². The largest absolute Gasteiger partial charge is 0.368 e. The van der Waals surface area contributed by atoms with E-state index in [9.17, 15) is 9.59 Å². The third-order valence-electron chi connectivity index (χ3n) is 6.16. The van der Waals surface area contributed by atoms with Gasteiger partial charge < -0.3 is 14.7 Å². The summed E-state index contributed by atoms with van der Waals surface area (Å²) in [7, 11) is 0. The molecule has 2 aromatic rings. The molecular weight excluding hydrogens is 398 g/mol. The molecule has 0 aromatic heterocycles. The molecule has 5 nitrogen and oxygen atoms in total. The summed E-state index contributed by atoms with van der Waals surface area (Å²) < 4.78 is 0. The Labute approximate surface area is 183 Å². The van der Waals surface area contributed by atoms with Gasteiger partial charge in [-0.2, -0.15) is 0 Å². The van der Waals surface area contributed by atoms with Crippen molar-refractivity contribution in [2.75, 3.05) is 37.6 Å². The first-order valence-electron chi connectivity index (χ1n) is 10.5. The van der Waals surface area contributed by atoms with Gasteiger partial charge in [-0.25, -0.2) is 0 Å². The maximum Gasteiger partial charge on any atom is 0.228 e. The van der Waals surface area contributed by atoms with E-state index in [1.807, 2.05) is 34.9 Å². The van der Waals surface area contributed by atoms with Gasteiger partial charge in [0.25, 0.3) is 0 Å². The third kappa shape index (κ3) is 4.46. The molecule has 4 rings (SSSR count). The van der Waals surface area contributed by atoms with E-state index in [2.05, 4.69) is 36.1 Å². The third-order valence-corrected chi connectivity index (χ3v) is 6.40. The number of benzene rings is 2. The highest BCUT2D eigenvalue weighted by molar-refractivity contribution is 6.30. The molecule has 0 aliphatic carbocycles. The van der Waals surface area contributed by atoms with Gasteiger partial charge >= 0.3 is 0 Å². The second-order valence-corrected chi connectivity index (χ2v) is 8.84. The number of carbonyl (C=O) groups is 2. The van der Waals surface area contributed by atoms with Crippen molar-refractivity contribution in [1.29, 1.82) is 0 Å². The summed E-state index contributed by atoms with van der Waals surface area (Å²) in [5.74, 6) is -0.0539. The Bertz CT molecular complexity index is 936. The standard InChI is InChI=1S/C24H28ClN3O2/c1-17-3-6-19(7-4-17)15-28-16-20(13-23(28)29)24(30)27-11-9-26(10-12-27)22-14-21(25)8-5-18(22)2/h3-8,14,20H,9-13,15-16H2,1-2H3/t20-/m0/s1. The van der Waals surface area contributed by atoms with Crippen molar-refractivity contribution in [3.63, 3.8) is 0 Å². The quantitative estimate of drug-likeness (QED) is 0.750. The van der Waals surface area contributed by atoms with Crippen molar-refractivity contribution in [2.45, 2.75) is 26.8 Å². The molecule has 30 heavy (non-hydrogen) atoms. The lowest BCUT2D eigenvalue weighted by atomic mass is 10.1. The van der Waals surface area contributed by atoms with Crippen molar-refractivity contribution < 1.29 is 9.59 Å². The smallest absolute Gasteiger partial charge is 0.228 e. The van der Waals surface area contributed by atoms with Crippen LogP contribution in [-0.4, -0.2) is 54.3 Å². The molecule has 0 bridgehead atoms. The van der Waals surface area contributed by atoms with Crippen LogP contribution in [0.2, 0.25) is 5.02 Å². The number of hydrogen-bond donors (Lipinski definition) is 0. The maximum absolute atomic E-state index is 13.1. The molecule has 0 radical (unpaired) electrons. The van der Waals surface area contributed by atoms with Gasteiger partial charge in [0.05, 0.1) is 5.92 Å². The van der Waals surface area contributed by atoms with E-state index in [4.69, 9.17) is 11.6 Å². The number of amides is 2. The second kappa shape index (κ2) is 8.68. The molecule has 2 saturated heterocycles. The van der Waals surface area contributed by atoms with Gasteiger partial charge in [0.15, 0.2) is 0 Å². The summed E-state index contributed by atoms with van der Waals surface area (Å²) in [4.78, 5) is 31.6. The highest BCUT2D eigenvalue weighted by atomic mass is 35.5. The van der Waals surface area contributed by atoms with E-state index >= 15 is 0 Å². The normalized spacial score (nSPS) is 19.5. The second-order valence-electron chi connectivity index (χ2n) is 8.40. The van der Waals surface area contributed by atoms with Crippen molar-refractivity contribution in [2.24, 2.45) is 5.92 Å². The van der Waals surface area contributed by atoms with Crippen LogP contribution in [0.4, 0.5) is 5.69 Å². The van der Waals surface area contributed by atoms with E-state index in [-0.39, 0.29) is 17.7 Å². The minimum Gasteiger partial charge on any atom is -0.368 e. The minimum atomic E-state index is -0.234. The van der Waals surface area contributed by atoms with Gasteiger partial charge in [0.2, 0.25) is 11.8 Å². The monoisotopic (exact) mass is 425 g/mol. The van der Waals surface area contributed by atoms with Crippen LogP contribution in [0.15, 0.2) is 42.5 Å². The molecule has 0 N–H and O–H groups in total. The summed E-state index contributed by atoms with van der Waals surface area (Å²) >= 11 is 6.17. The zero-order chi connectivity index (χ0) is 21.3. The number of likely N-dealkylation sites (tertiary alicyclic amines) is 1. The molecule has 0 saturated carbocycles. The first-order chi connectivity index (χ1) is 14.4. The minimum absolute atomic E-state index is 0.0714. The number of anilines is 1. The van der Waals surface area contributed by atoms with Crippen LogP contribution in [0.5, 0.6) is 0 Å². The molecule has 6 heteroatoms. The SMILES string of the molecule is Cc1ccc(CN2C[C@@H](C(=O)N3CCN(c4cc(Cl)ccc4C)CC3)CC2=O)cc1. The zero-order valence-corrected chi connectivity index (χ0v) is 18.4. The lowest BCUT2D eigenvalue weighted by Gasteiger charge is -2.37. The average Bonchev–Trinajstić information content (AvgIpc) is 3.11. The van der Waals surface area contributed by atoms with Crippen molar-refractivity contribution in [3.8, 4) is 0 Å². The van der Waals surface area contributed by atoms with Gasteiger partial charge in [-0.15, -0.1) is 0 Å². The highest BCUT2D eigenvalue weighted by Gasteiger charge is 2.37. The fourth-order valence-corrected chi connectivity index (χ4v) is 4.52. The molecule has 2 amide bonds. The molecule has 2 aliphatic rings. The lowest BCUT2D eigenvalue weighted by Crippen LogP contribution is -2.50. The Balaban J connectivity index is 1.33. The molecule has 1 atom stereocenters. The van der Waals surface area contributed by atoms with Crippen molar-refractivity contribution >= 4 is 29.1 Å². The number of hydrogen-bond acceptors (Lipinski definition) is 3. The van der Waals surface area contributed by atoms with E-state index in [0.29, 0.717) is 32.6 Å². The van der Waals surface area contributed by atoms with Crippen LogP contribution in [0.3, 0.4) is 0 Å².